The first-order valence-corrected chi connectivity index (χ1v) is 6.53. The van der Waals surface area contributed by atoms with E-state index in [0.717, 1.165) is 16.2 Å². The highest BCUT2D eigenvalue weighted by Crippen LogP contribution is 2.16. The molecule has 0 fully saturated rings. The number of anilines is 1. The molecule has 1 unspecified atom stereocenters. The van der Waals surface area contributed by atoms with E-state index in [0.29, 0.717) is 6.04 Å². The Balaban J connectivity index is 2.73. The monoisotopic (exact) mass is 275 g/mol. The molecule has 3 nitrogen and oxygen atoms in total. The second kappa shape index (κ2) is 5.56. The number of aromatic nitrogens is 2. The molecule has 5 heteroatoms. The van der Waals surface area contributed by atoms with E-state index >= 15 is 0 Å². The van der Waals surface area contributed by atoms with E-state index in [1.165, 1.54) is 0 Å². The van der Waals surface area contributed by atoms with Crippen molar-refractivity contribution in [1.82, 2.24) is 9.97 Å². The van der Waals surface area contributed by atoms with Crippen LogP contribution in [0.3, 0.4) is 0 Å². The molecule has 0 aliphatic carbocycles. The molecule has 0 spiro atoms. The van der Waals surface area contributed by atoms with E-state index < -0.39 is 0 Å². The van der Waals surface area contributed by atoms with Crippen molar-refractivity contribution >= 4 is 33.5 Å². The van der Waals surface area contributed by atoms with Gasteiger partial charge < -0.3 is 4.90 Å². The van der Waals surface area contributed by atoms with Crippen molar-refractivity contribution in [3.63, 3.8) is 0 Å². The summed E-state index contributed by atoms with van der Waals surface area (Å²) in [6.07, 6.45) is 3.68. The van der Waals surface area contributed by atoms with Gasteiger partial charge in [-0.1, -0.05) is 0 Å². The highest BCUT2D eigenvalue weighted by Gasteiger charge is 2.10. The third kappa shape index (κ3) is 3.13. The van der Waals surface area contributed by atoms with Crippen LogP contribution in [0.4, 0.5) is 5.82 Å². The van der Waals surface area contributed by atoms with Gasteiger partial charge in [0.2, 0.25) is 0 Å². The maximum Gasteiger partial charge on any atom is 0.133 e. The van der Waals surface area contributed by atoms with E-state index in [1.807, 2.05) is 17.8 Å². The van der Waals surface area contributed by atoms with Gasteiger partial charge in [-0.05, 0) is 29.1 Å². The number of nitrogens with zero attached hydrogens (tertiary/aromatic N) is 3. The maximum atomic E-state index is 4.22. The zero-order valence-corrected chi connectivity index (χ0v) is 11.0. The van der Waals surface area contributed by atoms with E-state index in [-0.39, 0.29) is 0 Å². The average molecular weight is 276 g/mol. The lowest BCUT2D eigenvalue weighted by Gasteiger charge is -2.25. The van der Waals surface area contributed by atoms with E-state index in [2.05, 4.69) is 51.0 Å². The third-order valence-electron chi connectivity index (χ3n) is 2.05. The van der Waals surface area contributed by atoms with Gasteiger partial charge in [-0.15, -0.1) is 0 Å². The second-order valence-corrected chi connectivity index (χ2v) is 4.84. The zero-order chi connectivity index (χ0) is 10.6. The molecule has 1 aromatic rings. The maximum absolute atomic E-state index is 4.22. The standard InChI is InChI=1S/C9H14BrN3S/c1-7(5-14-3)13(2)9-4-8(10)11-6-12-9/h4,6-7H,5H2,1-3H3. The molecule has 1 aromatic heterocycles. The van der Waals surface area contributed by atoms with Crippen molar-refractivity contribution in [3.8, 4) is 0 Å². The quantitative estimate of drug-likeness (QED) is 0.790. The second-order valence-electron chi connectivity index (χ2n) is 3.11. The summed E-state index contributed by atoms with van der Waals surface area (Å²) >= 11 is 5.18. The minimum atomic E-state index is 0.479. The lowest BCUT2D eigenvalue weighted by Crippen LogP contribution is -2.31. The first-order valence-electron chi connectivity index (χ1n) is 4.34. The van der Waals surface area contributed by atoms with Crippen molar-refractivity contribution in [2.75, 3.05) is 24.0 Å². The summed E-state index contributed by atoms with van der Waals surface area (Å²) < 4.78 is 0.825. The summed E-state index contributed by atoms with van der Waals surface area (Å²) in [4.78, 5) is 10.4. The molecule has 0 aliphatic heterocycles. The lowest BCUT2D eigenvalue weighted by atomic mass is 10.3. The molecule has 0 radical (unpaired) electrons. The summed E-state index contributed by atoms with van der Waals surface area (Å²) in [5.74, 6) is 2.05. The zero-order valence-electron chi connectivity index (χ0n) is 8.57. The Kier molecular flexibility index (Phi) is 4.68. The van der Waals surface area contributed by atoms with Crippen molar-refractivity contribution in [1.29, 1.82) is 0 Å². The first kappa shape index (κ1) is 11.8. The first-order chi connectivity index (χ1) is 6.65. The molecule has 1 rings (SSSR count). The van der Waals surface area contributed by atoms with Crippen molar-refractivity contribution in [3.05, 3.63) is 17.0 Å². The molecule has 0 aliphatic rings. The normalized spacial score (nSPS) is 12.6. The number of hydrogen-bond acceptors (Lipinski definition) is 4. The van der Waals surface area contributed by atoms with Crippen LogP contribution in [0.25, 0.3) is 0 Å². The Morgan fingerprint density at radius 3 is 2.86 bits per heavy atom. The minimum absolute atomic E-state index is 0.479. The van der Waals surface area contributed by atoms with Gasteiger partial charge in [-0.2, -0.15) is 11.8 Å². The van der Waals surface area contributed by atoms with Crippen molar-refractivity contribution < 1.29 is 0 Å². The molecule has 1 heterocycles. The third-order valence-corrected chi connectivity index (χ3v) is 3.30. The van der Waals surface area contributed by atoms with Gasteiger partial charge in [-0.25, -0.2) is 9.97 Å². The summed E-state index contributed by atoms with van der Waals surface area (Å²) in [6, 6.07) is 2.41. The molecular formula is C9H14BrN3S. The van der Waals surface area contributed by atoms with Crippen LogP contribution >= 0.6 is 27.7 Å². The van der Waals surface area contributed by atoms with E-state index in [1.54, 1.807) is 6.33 Å². The fraction of sp³-hybridized carbons (Fsp3) is 0.556. The van der Waals surface area contributed by atoms with Gasteiger partial charge in [0.15, 0.2) is 0 Å². The van der Waals surface area contributed by atoms with Gasteiger partial charge in [-0.3, -0.25) is 0 Å². The topological polar surface area (TPSA) is 29.0 Å². The van der Waals surface area contributed by atoms with Crippen LogP contribution in [0.5, 0.6) is 0 Å². The summed E-state index contributed by atoms with van der Waals surface area (Å²) in [5.41, 5.74) is 0. The largest absolute Gasteiger partial charge is 0.356 e. The predicted octanol–water partition coefficient (Wildman–Crippen LogP) is 2.43. The average Bonchev–Trinajstić information content (AvgIpc) is 2.17. The predicted molar refractivity (Wildman–Crippen MR) is 66.0 cm³/mol. The highest BCUT2D eigenvalue weighted by atomic mass is 79.9. The molecule has 0 aromatic carbocycles. The van der Waals surface area contributed by atoms with Crippen molar-refractivity contribution in [2.24, 2.45) is 0 Å². The number of rotatable bonds is 4. The smallest absolute Gasteiger partial charge is 0.133 e. The molecule has 78 valence electrons. The molecule has 0 N–H and O–H groups in total. The van der Waals surface area contributed by atoms with Crippen LogP contribution in [0.2, 0.25) is 0 Å². The van der Waals surface area contributed by atoms with E-state index in [4.69, 9.17) is 0 Å². The summed E-state index contributed by atoms with van der Waals surface area (Å²) in [7, 11) is 2.05. The fourth-order valence-electron chi connectivity index (χ4n) is 1.10. The molecule has 14 heavy (non-hydrogen) atoms. The molecule has 0 saturated carbocycles. The Hall–Kier alpha value is -0.290. The summed E-state index contributed by atoms with van der Waals surface area (Å²) in [5, 5.41) is 0. The molecule has 1 atom stereocenters. The lowest BCUT2D eigenvalue weighted by molar-refractivity contribution is 0.751. The van der Waals surface area contributed by atoms with Crippen LogP contribution in [0.15, 0.2) is 17.0 Å². The Bertz CT molecular complexity index is 295. The highest BCUT2D eigenvalue weighted by molar-refractivity contribution is 9.10. The van der Waals surface area contributed by atoms with E-state index in [9.17, 15) is 0 Å². The van der Waals surface area contributed by atoms with Crippen LogP contribution in [-0.4, -0.2) is 35.1 Å². The Morgan fingerprint density at radius 2 is 2.29 bits per heavy atom. The minimum Gasteiger partial charge on any atom is -0.356 e. The molecular weight excluding hydrogens is 262 g/mol. The number of halogens is 1. The van der Waals surface area contributed by atoms with Gasteiger partial charge >= 0.3 is 0 Å². The molecule has 0 bridgehead atoms. The van der Waals surface area contributed by atoms with Gasteiger partial charge in [0, 0.05) is 24.9 Å². The Labute approximate surface area is 97.4 Å². The van der Waals surface area contributed by atoms with Gasteiger partial charge in [0.1, 0.15) is 16.7 Å². The van der Waals surface area contributed by atoms with Gasteiger partial charge in [0.25, 0.3) is 0 Å². The summed E-state index contributed by atoms with van der Waals surface area (Å²) in [6.45, 7) is 2.19. The van der Waals surface area contributed by atoms with Crippen LogP contribution in [0.1, 0.15) is 6.92 Å². The number of thioether (sulfide) groups is 1. The number of hydrogen-bond donors (Lipinski definition) is 0. The van der Waals surface area contributed by atoms with Crippen molar-refractivity contribution in [2.45, 2.75) is 13.0 Å². The fourth-order valence-corrected chi connectivity index (χ4v) is 2.10. The Morgan fingerprint density at radius 1 is 1.57 bits per heavy atom. The molecule has 0 saturated heterocycles. The van der Waals surface area contributed by atoms with Gasteiger partial charge in [0.05, 0.1) is 0 Å². The SMILES string of the molecule is CSCC(C)N(C)c1cc(Br)ncn1. The van der Waals surface area contributed by atoms with Crippen LogP contribution in [-0.2, 0) is 0 Å². The molecule has 0 amide bonds. The van der Waals surface area contributed by atoms with Crippen LogP contribution in [0, 0.1) is 0 Å². The van der Waals surface area contributed by atoms with Crippen LogP contribution < -0.4 is 4.90 Å².